The first kappa shape index (κ1) is 31.9. The number of carbonyl (C=O) groups is 3. The number of fused-ring (bicyclic) bond motifs is 3. The molecule has 0 unspecified atom stereocenters. The summed E-state index contributed by atoms with van der Waals surface area (Å²) >= 11 is 0. The molecule has 0 bridgehead atoms. The highest BCUT2D eigenvalue weighted by molar-refractivity contribution is 5.80. The summed E-state index contributed by atoms with van der Waals surface area (Å²) in [4.78, 5) is 38.2. The summed E-state index contributed by atoms with van der Waals surface area (Å²) in [6.07, 6.45) is 1.85. The van der Waals surface area contributed by atoms with E-state index in [1.165, 1.54) is 25.2 Å². The quantitative estimate of drug-likeness (QED) is 0.123. The molecule has 3 aromatic carbocycles. The zero-order chi connectivity index (χ0) is 31.5. The number of nitrogens with zero attached hydrogens (tertiary/aromatic N) is 1. The third-order valence-electron chi connectivity index (χ3n) is 7.26. The molecular formula is C34H37NO9. The van der Waals surface area contributed by atoms with Crippen LogP contribution in [-0.2, 0) is 25.6 Å². The molecule has 0 heterocycles. The van der Waals surface area contributed by atoms with Gasteiger partial charge in [-0.1, -0.05) is 61.2 Å². The van der Waals surface area contributed by atoms with Crippen LogP contribution >= 0.6 is 0 Å². The van der Waals surface area contributed by atoms with Gasteiger partial charge in [-0.05, 0) is 35.1 Å². The molecule has 3 aromatic rings. The first-order chi connectivity index (χ1) is 21.4. The van der Waals surface area contributed by atoms with E-state index in [4.69, 9.17) is 28.8 Å². The van der Waals surface area contributed by atoms with Crippen molar-refractivity contribution in [1.29, 1.82) is 0 Å². The Morgan fingerprint density at radius 1 is 0.909 bits per heavy atom. The van der Waals surface area contributed by atoms with Gasteiger partial charge >= 0.3 is 18.0 Å². The van der Waals surface area contributed by atoms with Crippen molar-refractivity contribution < 1.29 is 43.2 Å². The molecule has 4 rings (SSSR count). The molecule has 1 N–H and O–H groups in total. The molecule has 0 atom stereocenters. The third-order valence-corrected chi connectivity index (χ3v) is 7.26. The second-order valence-corrected chi connectivity index (χ2v) is 10.1. The molecular weight excluding hydrogens is 566 g/mol. The molecule has 0 aromatic heterocycles. The number of hydrogen-bond donors (Lipinski definition) is 1. The number of rotatable bonds is 16. The van der Waals surface area contributed by atoms with Gasteiger partial charge < -0.3 is 28.8 Å². The first-order valence-corrected chi connectivity index (χ1v) is 14.3. The van der Waals surface area contributed by atoms with E-state index < -0.39 is 18.0 Å². The van der Waals surface area contributed by atoms with Crippen LogP contribution < -0.4 is 14.2 Å². The van der Waals surface area contributed by atoms with E-state index in [0.29, 0.717) is 42.3 Å². The summed E-state index contributed by atoms with van der Waals surface area (Å²) < 4.78 is 28.0. The highest BCUT2D eigenvalue weighted by Gasteiger charge is 2.31. The number of benzene rings is 3. The summed E-state index contributed by atoms with van der Waals surface area (Å²) in [5.74, 6) is -0.431. The SMILES string of the molecule is C=CCOC(=O)CN(Cc1c(OC)cc(OCCCCC(=O)O)cc1OC)C(=O)OCC1c2ccccc2-c2ccccc21. The Morgan fingerprint density at radius 3 is 2.09 bits per heavy atom. The molecule has 1 amide bonds. The van der Waals surface area contributed by atoms with Crippen LogP contribution in [0.3, 0.4) is 0 Å². The van der Waals surface area contributed by atoms with Crippen molar-refractivity contribution in [2.75, 3.05) is 40.6 Å². The summed E-state index contributed by atoms with van der Waals surface area (Å²) in [6.45, 7) is 3.50. The molecule has 0 fully saturated rings. The van der Waals surface area contributed by atoms with Crippen LogP contribution in [0, 0.1) is 0 Å². The van der Waals surface area contributed by atoms with Crippen LogP contribution in [0.4, 0.5) is 4.79 Å². The minimum Gasteiger partial charge on any atom is -0.496 e. The molecule has 10 nitrogen and oxygen atoms in total. The van der Waals surface area contributed by atoms with Crippen molar-refractivity contribution in [3.05, 3.63) is 90.0 Å². The first-order valence-electron chi connectivity index (χ1n) is 14.3. The Kier molecular flexibility index (Phi) is 11.2. The van der Waals surface area contributed by atoms with Gasteiger partial charge in [-0.25, -0.2) is 4.79 Å². The van der Waals surface area contributed by atoms with Crippen LogP contribution in [0.15, 0.2) is 73.3 Å². The van der Waals surface area contributed by atoms with Gasteiger partial charge in [0.25, 0.3) is 0 Å². The molecule has 0 spiro atoms. The fraction of sp³-hybridized carbons (Fsp3) is 0.324. The van der Waals surface area contributed by atoms with Crippen LogP contribution in [0.25, 0.3) is 11.1 Å². The molecule has 0 saturated heterocycles. The Balaban J connectivity index is 1.53. The number of esters is 1. The lowest BCUT2D eigenvalue weighted by Crippen LogP contribution is -2.37. The maximum absolute atomic E-state index is 13.6. The zero-order valence-electron chi connectivity index (χ0n) is 25.0. The zero-order valence-corrected chi connectivity index (χ0v) is 25.0. The fourth-order valence-electron chi connectivity index (χ4n) is 5.18. The molecule has 0 aliphatic heterocycles. The van der Waals surface area contributed by atoms with Gasteiger partial charge in [0.05, 0.1) is 32.9 Å². The highest BCUT2D eigenvalue weighted by Crippen LogP contribution is 2.44. The van der Waals surface area contributed by atoms with E-state index in [1.807, 2.05) is 36.4 Å². The highest BCUT2D eigenvalue weighted by atomic mass is 16.6. The summed E-state index contributed by atoms with van der Waals surface area (Å²) in [6, 6.07) is 19.4. The topological polar surface area (TPSA) is 121 Å². The molecule has 1 aliphatic carbocycles. The lowest BCUT2D eigenvalue weighted by Gasteiger charge is -2.25. The molecule has 10 heteroatoms. The second-order valence-electron chi connectivity index (χ2n) is 10.1. The minimum absolute atomic E-state index is 0.00249. The summed E-state index contributed by atoms with van der Waals surface area (Å²) in [7, 11) is 2.95. The number of methoxy groups -OCH3 is 2. The van der Waals surface area contributed by atoms with E-state index in [9.17, 15) is 14.4 Å². The fourth-order valence-corrected chi connectivity index (χ4v) is 5.18. The van der Waals surface area contributed by atoms with E-state index >= 15 is 0 Å². The van der Waals surface area contributed by atoms with Gasteiger partial charge in [-0.2, -0.15) is 0 Å². The lowest BCUT2D eigenvalue weighted by atomic mass is 9.98. The predicted octanol–water partition coefficient (Wildman–Crippen LogP) is 5.82. The van der Waals surface area contributed by atoms with E-state index in [0.717, 1.165) is 22.3 Å². The standard InChI is InChI=1S/C34H37NO9/c1-4-16-43-33(38)21-35(20-28-30(40-2)18-23(19-31(28)41-3)42-17-10-9-15-32(36)37)34(39)44-22-29-26-13-7-5-11-24(26)25-12-6-8-14-27(25)29/h4-8,11-14,18-19,29H,1,9-10,15-17,20-22H2,2-3H3,(H,36,37). The molecule has 0 radical (unpaired) electrons. The molecule has 0 saturated carbocycles. The van der Waals surface area contributed by atoms with Gasteiger partial charge in [-0.3, -0.25) is 14.5 Å². The minimum atomic E-state index is -0.855. The number of unbranched alkanes of at least 4 members (excludes halogenated alkanes) is 1. The van der Waals surface area contributed by atoms with Crippen LogP contribution in [0.5, 0.6) is 17.2 Å². The number of carboxylic acid groups (broad SMARTS) is 1. The van der Waals surface area contributed by atoms with Gasteiger partial charge in [0.15, 0.2) is 0 Å². The van der Waals surface area contributed by atoms with Gasteiger partial charge in [0.1, 0.15) is 37.0 Å². The van der Waals surface area contributed by atoms with Crippen LogP contribution in [-0.4, -0.2) is 68.6 Å². The number of carboxylic acids is 1. The Labute approximate surface area is 256 Å². The smallest absolute Gasteiger partial charge is 0.410 e. The predicted molar refractivity (Wildman–Crippen MR) is 163 cm³/mol. The van der Waals surface area contributed by atoms with E-state index in [1.54, 1.807) is 12.1 Å². The van der Waals surface area contributed by atoms with Crippen LogP contribution in [0.2, 0.25) is 0 Å². The van der Waals surface area contributed by atoms with Crippen LogP contribution in [0.1, 0.15) is 41.9 Å². The number of ether oxygens (including phenoxy) is 5. The number of amides is 1. The van der Waals surface area contributed by atoms with Gasteiger partial charge in [-0.15, -0.1) is 0 Å². The summed E-state index contributed by atoms with van der Waals surface area (Å²) in [5, 5.41) is 8.83. The average Bonchev–Trinajstić information content (AvgIpc) is 3.35. The van der Waals surface area contributed by atoms with Crippen molar-refractivity contribution in [3.8, 4) is 28.4 Å². The molecule has 44 heavy (non-hydrogen) atoms. The Morgan fingerprint density at radius 2 is 1.52 bits per heavy atom. The average molecular weight is 604 g/mol. The summed E-state index contributed by atoms with van der Waals surface area (Å²) in [5.41, 5.74) is 4.85. The molecule has 1 aliphatic rings. The van der Waals surface area contributed by atoms with Gasteiger partial charge in [0, 0.05) is 24.5 Å². The van der Waals surface area contributed by atoms with Crippen molar-refractivity contribution in [1.82, 2.24) is 4.90 Å². The van der Waals surface area contributed by atoms with E-state index in [2.05, 4.69) is 18.7 Å². The Hall–Kier alpha value is -4.99. The van der Waals surface area contributed by atoms with Gasteiger partial charge in [0.2, 0.25) is 0 Å². The van der Waals surface area contributed by atoms with Crippen molar-refractivity contribution in [2.45, 2.75) is 31.7 Å². The number of carbonyl (C=O) groups excluding carboxylic acids is 2. The Bertz CT molecular complexity index is 1410. The van der Waals surface area contributed by atoms with Crippen molar-refractivity contribution in [2.24, 2.45) is 0 Å². The monoisotopic (exact) mass is 603 g/mol. The normalized spacial score (nSPS) is 11.6. The maximum Gasteiger partial charge on any atom is 0.410 e. The molecule has 232 valence electrons. The third kappa shape index (κ3) is 7.89. The maximum atomic E-state index is 13.6. The van der Waals surface area contributed by atoms with Crippen molar-refractivity contribution in [3.63, 3.8) is 0 Å². The number of hydrogen-bond acceptors (Lipinski definition) is 8. The van der Waals surface area contributed by atoms with Crippen molar-refractivity contribution >= 4 is 18.0 Å². The largest absolute Gasteiger partial charge is 0.496 e. The lowest BCUT2D eigenvalue weighted by molar-refractivity contribution is -0.143. The van der Waals surface area contributed by atoms with E-state index in [-0.39, 0.29) is 38.6 Å². The second kappa shape index (κ2) is 15.5. The number of aliphatic carboxylic acids is 1.